The van der Waals surface area contributed by atoms with Crippen molar-refractivity contribution in [3.63, 3.8) is 0 Å². The molecule has 1 aromatic carbocycles. The number of ether oxygens (including phenoxy) is 1. The van der Waals surface area contributed by atoms with Crippen molar-refractivity contribution in [3.8, 4) is 0 Å². The molecule has 2 aliphatic heterocycles. The summed E-state index contributed by atoms with van der Waals surface area (Å²) in [5.74, 6) is 0. The molecule has 0 aliphatic carbocycles. The molecule has 1 saturated heterocycles. The summed E-state index contributed by atoms with van der Waals surface area (Å²) in [4.78, 5) is 0. The van der Waals surface area contributed by atoms with Gasteiger partial charge in [0, 0.05) is 11.1 Å². The Hall–Kier alpha value is -0.570. The highest BCUT2D eigenvalue weighted by Crippen LogP contribution is 2.34. The van der Waals surface area contributed by atoms with Gasteiger partial charge in [0.1, 0.15) is 0 Å². The zero-order chi connectivity index (χ0) is 10.3. The molecule has 3 heteroatoms. The number of nitrogens with one attached hydrogen (secondary N) is 1. The van der Waals surface area contributed by atoms with Crippen LogP contribution >= 0.6 is 11.6 Å². The van der Waals surface area contributed by atoms with E-state index in [1.165, 1.54) is 29.5 Å². The van der Waals surface area contributed by atoms with Crippen LogP contribution in [-0.4, -0.2) is 6.54 Å². The van der Waals surface area contributed by atoms with Crippen LogP contribution in [0.5, 0.6) is 0 Å². The molecular weight excluding hydrogens is 210 g/mol. The van der Waals surface area contributed by atoms with Gasteiger partial charge in [-0.3, -0.25) is 0 Å². The van der Waals surface area contributed by atoms with Crippen LogP contribution in [0.3, 0.4) is 0 Å². The lowest BCUT2D eigenvalue weighted by atomic mass is 9.96. The van der Waals surface area contributed by atoms with Crippen molar-refractivity contribution >= 4 is 11.6 Å². The summed E-state index contributed by atoms with van der Waals surface area (Å²) < 4.78 is 5.48. The van der Waals surface area contributed by atoms with E-state index < -0.39 is 0 Å². The van der Waals surface area contributed by atoms with Gasteiger partial charge < -0.3 is 10.1 Å². The Balaban J connectivity index is 2.05. The lowest BCUT2D eigenvalue weighted by molar-refractivity contribution is 0.134. The summed E-state index contributed by atoms with van der Waals surface area (Å²) >= 11 is 6.12. The molecule has 0 unspecified atom stereocenters. The maximum absolute atomic E-state index is 6.12. The molecule has 1 fully saturated rings. The molecule has 0 saturated carbocycles. The van der Waals surface area contributed by atoms with Gasteiger partial charge in [0.05, 0.1) is 13.2 Å². The zero-order valence-corrected chi connectivity index (χ0v) is 9.31. The summed E-state index contributed by atoms with van der Waals surface area (Å²) in [6.45, 7) is 2.59. The number of benzene rings is 1. The van der Waals surface area contributed by atoms with E-state index in [1.54, 1.807) is 0 Å². The first kappa shape index (κ1) is 9.64. The zero-order valence-electron chi connectivity index (χ0n) is 8.55. The predicted molar refractivity (Wildman–Crippen MR) is 59.9 cm³/mol. The summed E-state index contributed by atoms with van der Waals surface area (Å²) in [6.07, 6.45) is 2.47. The molecule has 15 heavy (non-hydrogen) atoms. The van der Waals surface area contributed by atoms with Crippen LogP contribution in [0.1, 0.15) is 35.6 Å². The van der Waals surface area contributed by atoms with Crippen LogP contribution in [0.2, 0.25) is 5.02 Å². The summed E-state index contributed by atoms with van der Waals surface area (Å²) in [6, 6.07) is 4.61. The Morgan fingerprint density at radius 1 is 1.33 bits per heavy atom. The molecule has 1 aromatic rings. The maximum atomic E-state index is 6.12. The Morgan fingerprint density at radius 3 is 3.07 bits per heavy atom. The SMILES string of the molecule is Clc1cc2c(c([C@@H]3CCCN3)c1)COC2. The molecule has 1 atom stereocenters. The highest BCUT2D eigenvalue weighted by Gasteiger charge is 2.24. The summed E-state index contributed by atoms with van der Waals surface area (Å²) in [5, 5.41) is 4.35. The smallest absolute Gasteiger partial charge is 0.0728 e. The third-order valence-corrected chi connectivity index (χ3v) is 3.50. The van der Waals surface area contributed by atoms with Gasteiger partial charge in [0.2, 0.25) is 0 Å². The average molecular weight is 224 g/mol. The van der Waals surface area contributed by atoms with Crippen LogP contribution in [0.25, 0.3) is 0 Å². The third kappa shape index (κ3) is 1.67. The quantitative estimate of drug-likeness (QED) is 0.791. The lowest BCUT2D eigenvalue weighted by Gasteiger charge is -2.15. The molecule has 3 rings (SSSR count). The molecule has 0 radical (unpaired) electrons. The van der Waals surface area contributed by atoms with Gasteiger partial charge in [-0.25, -0.2) is 0 Å². The maximum Gasteiger partial charge on any atom is 0.0728 e. The fourth-order valence-corrected chi connectivity index (χ4v) is 2.79. The molecule has 1 N–H and O–H groups in total. The van der Waals surface area contributed by atoms with Crippen LogP contribution < -0.4 is 5.32 Å². The standard InChI is InChI=1S/C12H14ClNO/c13-9-4-8-6-15-7-11(8)10(5-9)12-2-1-3-14-12/h4-5,12,14H,1-3,6-7H2/t12-/m0/s1. The predicted octanol–water partition coefficient (Wildman–Crippen LogP) is 2.79. The third-order valence-electron chi connectivity index (χ3n) is 3.28. The van der Waals surface area contributed by atoms with Gasteiger partial charge in [-0.15, -0.1) is 0 Å². The topological polar surface area (TPSA) is 21.3 Å². The van der Waals surface area contributed by atoms with Crippen molar-refractivity contribution in [1.82, 2.24) is 5.32 Å². The molecular formula is C12H14ClNO. The summed E-state index contributed by atoms with van der Waals surface area (Å²) in [5.41, 5.74) is 3.98. The molecule has 0 amide bonds. The average Bonchev–Trinajstić information content (AvgIpc) is 2.86. The minimum atomic E-state index is 0.485. The number of hydrogen-bond acceptors (Lipinski definition) is 2. The Morgan fingerprint density at radius 2 is 2.27 bits per heavy atom. The van der Waals surface area contributed by atoms with Crippen molar-refractivity contribution in [1.29, 1.82) is 0 Å². The number of hydrogen-bond donors (Lipinski definition) is 1. The van der Waals surface area contributed by atoms with Crippen LogP contribution in [0, 0.1) is 0 Å². The van der Waals surface area contributed by atoms with Crippen molar-refractivity contribution in [2.45, 2.75) is 32.1 Å². The Labute approximate surface area is 94.6 Å². The van der Waals surface area contributed by atoms with Crippen LogP contribution in [0.15, 0.2) is 12.1 Å². The lowest BCUT2D eigenvalue weighted by Crippen LogP contribution is -2.14. The number of halogens is 1. The van der Waals surface area contributed by atoms with E-state index in [1.807, 2.05) is 6.07 Å². The van der Waals surface area contributed by atoms with Gasteiger partial charge in [-0.05, 0) is 48.2 Å². The molecule has 2 nitrogen and oxygen atoms in total. The van der Waals surface area contributed by atoms with Gasteiger partial charge in [-0.1, -0.05) is 11.6 Å². The van der Waals surface area contributed by atoms with Crippen molar-refractivity contribution in [3.05, 3.63) is 33.8 Å². The first-order chi connectivity index (χ1) is 7.34. The second kappa shape index (κ2) is 3.78. The fourth-order valence-electron chi connectivity index (χ4n) is 2.55. The van der Waals surface area contributed by atoms with E-state index in [9.17, 15) is 0 Å². The highest BCUT2D eigenvalue weighted by atomic mass is 35.5. The molecule has 2 aliphatic rings. The first-order valence-corrected chi connectivity index (χ1v) is 5.85. The van der Waals surface area contributed by atoms with Gasteiger partial charge >= 0.3 is 0 Å². The van der Waals surface area contributed by atoms with Gasteiger partial charge in [-0.2, -0.15) is 0 Å². The van der Waals surface area contributed by atoms with E-state index in [4.69, 9.17) is 16.3 Å². The highest BCUT2D eigenvalue weighted by molar-refractivity contribution is 6.30. The number of rotatable bonds is 1. The molecule has 0 spiro atoms. The minimum absolute atomic E-state index is 0.485. The van der Waals surface area contributed by atoms with E-state index in [0.29, 0.717) is 6.04 Å². The van der Waals surface area contributed by atoms with Gasteiger partial charge in [0.25, 0.3) is 0 Å². The Kier molecular flexibility index (Phi) is 2.43. The Bertz CT molecular complexity index is 385. The van der Waals surface area contributed by atoms with E-state index >= 15 is 0 Å². The molecule has 2 heterocycles. The largest absolute Gasteiger partial charge is 0.372 e. The van der Waals surface area contributed by atoms with Crippen LogP contribution in [-0.2, 0) is 18.0 Å². The second-order valence-corrected chi connectivity index (χ2v) is 4.71. The van der Waals surface area contributed by atoms with Crippen LogP contribution in [0.4, 0.5) is 0 Å². The van der Waals surface area contributed by atoms with Gasteiger partial charge in [0.15, 0.2) is 0 Å². The number of fused-ring (bicyclic) bond motifs is 1. The van der Waals surface area contributed by atoms with Crippen molar-refractivity contribution in [2.24, 2.45) is 0 Å². The fraction of sp³-hybridized carbons (Fsp3) is 0.500. The van der Waals surface area contributed by atoms with Crippen molar-refractivity contribution in [2.75, 3.05) is 6.54 Å². The monoisotopic (exact) mass is 223 g/mol. The minimum Gasteiger partial charge on any atom is -0.372 e. The normalized spacial score (nSPS) is 24.5. The van der Waals surface area contributed by atoms with E-state index in [2.05, 4.69) is 11.4 Å². The molecule has 80 valence electrons. The second-order valence-electron chi connectivity index (χ2n) is 4.27. The molecule has 0 bridgehead atoms. The van der Waals surface area contributed by atoms with E-state index in [-0.39, 0.29) is 0 Å². The first-order valence-electron chi connectivity index (χ1n) is 5.47. The van der Waals surface area contributed by atoms with E-state index in [0.717, 1.165) is 24.8 Å². The molecule has 0 aromatic heterocycles. The van der Waals surface area contributed by atoms with Crippen molar-refractivity contribution < 1.29 is 4.74 Å². The summed E-state index contributed by atoms with van der Waals surface area (Å²) in [7, 11) is 0.